The molecule has 0 aliphatic heterocycles. The fourth-order valence-electron chi connectivity index (χ4n) is 3.62. The third kappa shape index (κ3) is 7.19. The van der Waals surface area contributed by atoms with Crippen molar-refractivity contribution in [3.05, 3.63) is 33.1 Å². The Morgan fingerprint density at radius 1 is 1.27 bits per heavy atom. The number of hydrogen-bond donors (Lipinski definition) is 4. The summed E-state index contributed by atoms with van der Waals surface area (Å²) in [5.74, 6) is -0.402. The Bertz CT molecular complexity index is 951. The van der Waals surface area contributed by atoms with E-state index in [-0.39, 0.29) is 19.0 Å². The lowest BCUT2D eigenvalue weighted by molar-refractivity contribution is -0.0274. The molecular formula is C16H28N2O9P2S. The number of ether oxygens (including phenoxy) is 1. The van der Waals surface area contributed by atoms with E-state index in [0.29, 0.717) is 0 Å². The molecule has 2 rings (SSSR count). The molecule has 0 amide bonds. The smallest absolute Gasteiger partial charge is 0.328 e. The predicted molar refractivity (Wildman–Crippen MR) is 113 cm³/mol. The highest BCUT2D eigenvalue weighted by Gasteiger charge is 2.48. The number of aromatic amines is 1. The van der Waals surface area contributed by atoms with Crippen molar-refractivity contribution in [1.82, 2.24) is 9.55 Å². The fraction of sp³-hybridized carbons (Fsp3) is 0.750. The second kappa shape index (κ2) is 9.44. The van der Waals surface area contributed by atoms with E-state index in [1.807, 2.05) is 0 Å². The van der Waals surface area contributed by atoms with E-state index in [4.69, 9.17) is 25.6 Å². The molecule has 1 aliphatic carbocycles. The summed E-state index contributed by atoms with van der Waals surface area (Å²) in [6.07, 6.45) is -0.391. The Balaban J connectivity index is 2.42. The Hall–Kier alpha value is -0.680. The largest absolute Gasteiger partial charge is 0.378 e. The van der Waals surface area contributed by atoms with E-state index in [2.05, 4.69) is 4.98 Å². The van der Waals surface area contributed by atoms with Crippen molar-refractivity contribution in [3.63, 3.8) is 0 Å². The van der Waals surface area contributed by atoms with Gasteiger partial charge in [0.05, 0.1) is 23.9 Å². The van der Waals surface area contributed by atoms with Gasteiger partial charge in [-0.3, -0.25) is 18.9 Å². The van der Waals surface area contributed by atoms with E-state index in [1.165, 1.54) is 23.9 Å². The maximum absolute atomic E-state index is 12.4. The average Bonchev–Trinajstić information content (AvgIpc) is 2.86. The summed E-state index contributed by atoms with van der Waals surface area (Å²) >= 11 is 5.14. The number of nitrogens with zero attached hydrogens (tertiary/aromatic N) is 1. The van der Waals surface area contributed by atoms with Crippen molar-refractivity contribution >= 4 is 26.1 Å². The van der Waals surface area contributed by atoms with Crippen LogP contribution in [0.25, 0.3) is 0 Å². The molecule has 4 N–H and O–H groups in total. The van der Waals surface area contributed by atoms with Crippen LogP contribution in [-0.2, 0) is 30.2 Å². The highest BCUT2D eigenvalue weighted by atomic mass is 32.5. The van der Waals surface area contributed by atoms with E-state index in [1.54, 1.807) is 20.8 Å². The molecule has 0 saturated heterocycles. The van der Waals surface area contributed by atoms with Crippen molar-refractivity contribution in [2.45, 2.75) is 57.5 Å². The maximum atomic E-state index is 12.4. The van der Waals surface area contributed by atoms with Gasteiger partial charge in [-0.2, -0.15) is 0 Å². The molecule has 172 valence electrons. The van der Waals surface area contributed by atoms with Gasteiger partial charge in [-0.1, -0.05) is 0 Å². The highest BCUT2D eigenvalue weighted by molar-refractivity contribution is 8.07. The molecular weight excluding hydrogens is 458 g/mol. The van der Waals surface area contributed by atoms with Crippen LogP contribution in [0.4, 0.5) is 0 Å². The van der Waals surface area contributed by atoms with Crippen molar-refractivity contribution in [2.75, 3.05) is 13.3 Å². The van der Waals surface area contributed by atoms with Crippen LogP contribution in [-0.4, -0.2) is 55.3 Å². The van der Waals surface area contributed by atoms with Crippen LogP contribution < -0.4 is 11.2 Å². The summed E-state index contributed by atoms with van der Waals surface area (Å²) in [6, 6.07) is 0.461. The van der Waals surface area contributed by atoms with Crippen molar-refractivity contribution in [1.29, 1.82) is 0 Å². The minimum absolute atomic E-state index is 0.103. The summed E-state index contributed by atoms with van der Waals surface area (Å²) in [6.45, 7) is 1.33. The van der Waals surface area contributed by atoms with Crippen LogP contribution in [0.3, 0.4) is 0 Å². The predicted octanol–water partition coefficient (Wildman–Crippen LogP) is 1.10. The second-order valence-corrected chi connectivity index (χ2v) is 12.7. The minimum atomic E-state index is -4.25. The topological polar surface area (TPSA) is 160 Å². The van der Waals surface area contributed by atoms with Gasteiger partial charge in [-0.25, -0.2) is 4.79 Å². The van der Waals surface area contributed by atoms with Crippen LogP contribution >= 0.6 is 14.3 Å². The molecule has 0 radical (unpaired) electrons. The van der Waals surface area contributed by atoms with Crippen LogP contribution in [0.15, 0.2) is 21.9 Å². The molecule has 1 aromatic heterocycles. The number of rotatable bonds is 8. The van der Waals surface area contributed by atoms with Crippen LogP contribution in [0.5, 0.6) is 0 Å². The van der Waals surface area contributed by atoms with Crippen LogP contribution in [0.2, 0.25) is 0 Å². The van der Waals surface area contributed by atoms with Gasteiger partial charge in [0.2, 0.25) is 0 Å². The van der Waals surface area contributed by atoms with Gasteiger partial charge in [0, 0.05) is 19.4 Å². The first-order valence-electron chi connectivity index (χ1n) is 9.23. The molecule has 2 unspecified atom stereocenters. The van der Waals surface area contributed by atoms with Gasteiger partial charge < -0.3 is 28.5 Å². The quantitative estimate of drug-likeness (QED) is 0.392. The van der Waals surface area contributed by atoms with E-state index in [9.17, 15) is 28.8 Å². The Labute approximate surface area is 178 Å². The van der Waals surface area contributed by atoms with Gasteiger partial charge in [0.1, 0.15) is 6.10 Å². The number of hydrogen-bond acceptors (Lipinski definition) is 7. The molecule has 1 fully saturated rings. The molecule has 1 saturated carbocycles. The zero-order valence-corrected chi connectivity index (χ0v) is 19.7. The number of aromatic nitrogens is 2. The first-order chi connectivity index (χ1) is 13.6. The number of H-pyrrole nitrogens is 1. The van der Waals surface area contributed by atoms with E-state index >= 15 is 0 Å². The molecule has 0 aromatic carbocycles. The van der Waals surface area contributed by atoms with Gasteiger partial charge in [0.25, 0.3) is 5.56 Å². The molecule has 14 heteroatoms. The van der Waals surface area contributed by atoms with E-state index < -0.39 is 55.3 Å². The van der Waals surface area contributed by atoms with Gasteiger partial charge in [0.15, 0.2) is 0 Å². The van der Waals surface area contributed by atoms with Crippen LogP contribution in [0.1, 0.15) is 39.7 Å². The van der Waals surface area contributed by atoms with Gasteiger partial charge in [-0.05, 0) is 51.3 Å². The Kier molecular flexibility index (Phi) is 8.05. The molecule has 1 heterocycles. The van der Waals surface area contributed by atoms with Crippen LogP contribution in [0, 0.1) is 5.92 Å². The second-order valence-electron chi connectivity index (χ2n) is 8.20. The Morgan fingerprint density at radius 3 is 2.40 bits per heavy atom. The average molecular weight is 486 g/mol. The summed E-state index contributed by atoms with van der Waals surface area (Å²) in [7, 11) is -2.85. The number of methoxy groups -OCH3 is 1. The molecule has 30 heavy (non-hydrogen) atoms. The first kappa shape index (κ1) is 25.6. The van der Waals surface area contributed by atoms with Gasteiger partial charge in [-0.15, -0.1) is 0 Å². The standard InChI is InChI=1S/C16H28N2O9P2S/c1-16(2,3)27-29(24,30)26-14-11(18-7-5-12(19)17-15(18)20)9-10(13(14)25-4)6-8-28(21,22)23/h5,7,10-11,13-14H,6,8-9H2,1-4H3,(H,24,30)(H,17,19,20)(H2,21,22,23)/t10-,11?,13+,14-,29?/m0/s1. The Morgan fingerprint density at radius 2 is 1.90 bits per heavy atom. The monoisotopic (exact) mass is 486 g/mol. The zero-order chi connectivity index (χ0) is 22.9. The molecule has 1 aromatic rings. The fourth-order valence-corrected chi connectivity index (χ4v) is 6.56. The lowest BCUT2D eigenvalue weighted by Gasteiger charge is -2.32. The summed E-state index contributed by atoms with van der Waals surface area (Å²) in [5.41, 5.74) is -2.05. The minimum Gasteiger partial charge on any atom is -0.378 e. The molecule has 5 atom stereocenters. The summed E-state index contributed by atoms with van der Waals surface area (Å²) < 4.78 is 29.4. The number of nitrogens with one attached hydrogen (secondary N) is 1. The molecule has 11 nitrogen and oxygen atoms in total. The molecule has 0 bridgehead atoms. The third-order valence-corrected chi connectivity index (χ3v) is 7.24. The zero-order valence-electron chi connectivity index (χ0n) is 17.1. The maximum Gasteiger partial charge on any atom is 0.328 e. The van der Waals surface area contributed by atoms with E-state index in [0.717, 1.165) is 0 Å². The molecule has 0 spiro atoms. The third-order valence-electron chi connectivity index (χ3n) is 4.63. The normalized spacial score (nSPS) is 27.2. The van der Waals surface area contributed by atoms with Crippen molar-refractivity contribution in [3.8, 4) is 0 Å². The lowest BCUT2D eigenvalue weighted by Crippen LogP contribution is -2.39. The summed E-state index contributed by atoms with van der Waals surface area (Å²) in [5, 5.41) is 0. The highest BCUT2D eigenvalue weighted by Crippen LogP contribution is 2.54. The van der Waals surface area contributed by atoms with Crippen molar-refractivity contribution < 1.29 is 33.0 Å². The summed E-state index contributed by atoms with van der Waals surface area (Å²) in [4.78, 5) is 55.1. The van der Waals surface area contributed by atoms with Crippen molar-refractivity contribution in [2.24, 2.45) is 5.92 Å². The lowest BCUT2D eigenvalue weighted by atomic mass is 10.0. The first-order valence-corrected chi connectivity index (χ1v) is 13.6. The molecule has 1 aliphatic rings. The SMILES string of the molecule is CO[C@@H]1[C@@H](CCP(=O)(O)O)CC(n2ccc(=O)[nH]c2=O)[C@@H]1OP(O)(=S)OC(C)(C)C. The van der Waals surface area contributed by atoms with Gasteiger partial charge >= 0.3 is 20.0 Å².